The van der Waals surface area contributed by atoms with E-state index in [0.717, 1.165) is 4.31 Å². The number of aromatic nitrogens is 2. The van der Waals surface area contributed by atoms with Gasteiger partial charge in [0, 0.05) is 14.1 Å². The number of carbonyl (C=O) groups is 1. The summed E-state index contributed by atoms with van der Waals surface area (Å²) in [5.41, 5.74) is 0. The van der Waals surface area contributed by atoms with E-state index in [-0.39, 0.29) is 17.7 Å². The molecule has 25 heavy (non-hydrogen) atoms. The lowest BCUT2D eigenvalue weighted by Crippen LogP contribution is -2.45. The van der Waals surface area contributed by atoms with Crippen molar-refractivity contribution in [1.29, 1.82) is 0 Å². The third-order valence-electron chi connectivity index (χ3n) is 2.54. The van der Waals surface area contributed by atoms with E-state index in [2.05, 4.69) is 15.3 Å². The minimum Gasteiger partial charge on any atom is -0.481 e. The van der Waals surface area contributed by atoms with Gasteiger partial charge in [0.05, 0.1) is 20.3 Å². The number of anilines is 1. The van der Waals surface area contributed by atoms with Crippen LogP contribution in [0.5, 0.6) is 11.8 Å². The van der Waals surface area contributed by atoms with Crippen LogP contribution >= 0.6 is 0 Å². The molecule has 0 atom stereocenters. The molecule has 1 heterocycles. The summed E-state index contributed by atoms with van der Waals surface area (Å²) in [5, 5.41) is 2.06. The predicted molar refractivity (Wildman–Crippen MR) is 86.8 cm³/mol. The lowest BCUT2D eigenvalue weighted by molar-refractivity contribution is 0.256. The highest BCUT2D eigenvalue weighted by molar-refractivity contribution is 7.92. The fourth-order valence-corrected chi connectivity index (χ4v) is 3.08. The van der Waals surface area contributed by atoms with Crippen LogP contribution in [0.2, 0.25) is 0 Å². The van der Waals surface area contributed by atoms with Crippen LogP contribution in [-0.2, 0) is 20.2 Å². The molecule has 3 N–H and O–H groups in total. The summed E-state index contributed by atoms with van der Waals surface area (Å²) in [4.78, 5) is 19.3. The van der Waals surface area contributed by atoms with Gasteiger partial charge < -0.3 is 9.47 Å². The number of urea groups is 1. The van der Waals surface area contributed by atoms with Gasteiger partial charge in [0.1, 0.15) is 5.88 Å². The Bertz CT molecular complexity index is 802. The highest BCUT2D eigenvalue weighted by Gasteiger charge is 2.21. The zero-order valence-electron chi connectivity index (χ0n) is 13.8. The van der Waals surface area contributed by atoms with Crippen molar-refractivity contribution in [2.75, 3.05) is 39.5 Å². The van der Waals surface area contributed by atoms with Gasteiger partial charge in [-0.1, -0.05) is 0 Å². The van der Waals surface area contributed by atoms with Crippen LogP contribution in [0.4, 0.5) is 10.7 Å². The van der Waals surface area contributed by atoms with E-state index in [4.69, 9.17) is 9.47 Å². The Kier molecular flexibility index (Phi) is 6.86. The molecule has 142 valence electrons. The van der Waals surface area contributed by atoms with E-state index in [1.54, 1.807) is 9.44 Å². The summed E-state index contributed by atoms with van der Waals surface area (Å²) in [6, 6.07) is 0.123. The lowest BCUT2D eigenvalue weighted by Gasteiger charge is -2.13. The normalized spacial score (nSPS) is 11.9. The number of ether oxygens (including phenoxy) is 2. The standard InChI is InChI=1S/C10H18N6O7S2/c1-16(2)24(18,19)6-11-25(20,21)15-10(17)14-9-12-7(22-3)5-8(13-9)23-4/h5,11H,6H2,1-4H3,(H2,12,13,14,15,17). The van der Waals surface area contributed by atoms with Crippen molar-refractivity contribution in [2.45, 2.75) is 0 Å². The maximum absolute atomic E-state index is 11.7. The molecule has 0 aromatic carbocycles. The number of hydrogen-bond donors (Lipinski definition) is 3. The number of carbonyl (C=O) groups excluding carboxylic acids is 1. The van der Waals surface area contributed by atoms with Crippen LogP contribution in [0.3, 0.4) is 0 Å². The first-order valence-corrected chi connectivity index (χ1v) is 9.54. The molecule has 0 bridgehead atoms. The maximum Gasteiger partial charge on any atom is 0.336 e. The molecule has 0 saturated heterocycles. The molecular weight excluding hydrogens is 380 g/mol. The van der Waals surface area contributed by atoms with E-state index in [0.29, 0.717) is 0 Å². The Hall–Kier alpha value is -2.23. The predicted octanol–water partition coefficient (Wildman–Crippen LogP) is -1.70. The number of nitrogens with zero attached hydrogens (tertiary/aromatic N) is 3. The minimum atomic E-state index is -4.43. The molecule has 0 spiro atoms. The Labute approximate surface area is 145 Å². The summed E-state index contributed by atoms with van der Waals surface area (Å²) in [5.74, 6) is -1.07. The number of sulfonamides is 1. The lowest BCUT2D eigenvalue weighted by atomic mass is 10.6. The van der Waals surface area contributed by atoms with Gasteiger partial charge in [-0.25, -0.2) is 22.2 Å². The third kappa shape index (κ3) is 6.65. The van der Waals surface area contributed by atoms with E-state index in [9.17, 15) is 21.6 Å². The molecule has 1 aromatic rings. The van der Waals surface area contributed by atoms with Gasteiger partial charge in [-0.05, 0) is 0 Å². The number of nitrogens with one attached hydrogen (secondary N) is 3. The maximum atomic E-state index is 11.7. The average Bonchev–Trinajstić information content (AvgIpc) is 2.51. The Balaban J connectivity index is 2.76. The van der Waals surface area contributed by atoms with Crippen LogP contribution in [-0.4, -0.2) is 71.3 Å². The van der Waals surface area contributed by atoms with Crippen molar-refractivity contribution in [2.24, 2.45) is 0 Å². The molecule has 0 saturated carbocycles. The Morgan fingerprint density at radius 1 is 1.12 bits per heavy atom. The molecule has 0 unspecified atom stereocenters. The van der Waals surface area contributed by atoms with E-state index < -0.39 is 32.1 Å². The van der Waals surface area contributed by atoms with Gasteiger partial charge >= 0.3 is 16.2 Å². The van der Waals surface area contributed by atoms with Gasteiger partial charge in [-0.15, -0.1) is 0 Å². The number of methoxy groups -OCH3 is 2. The van der Waals surface area contributed by atoms with Crippen molar-refractivity contribution >= 4 is 32.2 Å². The first-order valence-electron chi connectivity index (χ1n) is 6.44. The molecule has 15 heteroatoms. The molecule has 13 nitrogen and oxygen atoms in total. The van der Waals surface area contributed by atoms with Crippen molar-refractivity contribution in [3.63, 3.8) is 0 Å². The number of hydrogen-bond acceptors (Lipinski definition) is 9. The molecule has 0 aliphatic carbocycles. The van der Waals surface area contributed by atoms with Crippen LogP contribution < -0.4 is 24.2 Å². The van der Waals surface area contributed by atoms with Crippen LogP contribution in [0.1, 0.15) is 0 Å². The monoisotopic (exact) mass is 398 g/mol. The fourth-order valence-electron chi connectivity index (χ4n) is 1.24. The van der Waals surface area contributed by atoms with E-state index in [1.165, 1.54) is 34.4 Å². The highest BCUT2D eigenvalue weighted by Crippen LogP contribution is 2.17. The summed E-state index contributed by atoms with van der Waals surface area (Å²) in [6.07, 6.45) is 0. The second-order valence-corrected chi connectivity index (χ2v) is 8.20. The number of rotatable bonds is 8. The molecule has 2 amide bonds. The molecule has 0 fully saturated rings. The van der Waals surface area contributed by atoms with Gasteiger partial charge in [0.2, 0.25) is 27.7 Å². The minimum absolute atomic E-state index is 0.0696. The van der Waals surface area contributed by atoms with Crippen molar-refractivity contribution < 1.29 is 31.1 Å². The van der Waals surface area contributed by atoms with E-state index >= 15 is 0 Å². The van der Waals surface area contributed by atoms with Crippen LogP contribution in [0.25, 0.3) is 0 Å². The fraction of sp³-hybridized carbons (Fsp3) is 0.500. The van der Waals surface area contributed by atoms with Gasteiger partial charge in [0.15, 0.2) is 0 Å². The van der Waals surface area contributed by atoms with Crippen LogP contribution in [0.15, 0.2) is 6.07 Å². The molecule has 0 aliphatic rings. The summed E-state index contributed by atoms with van der Waals surface area (Å²) < 4.78 is 60.3. The second-order valence-electron chi connectivity index (χ2n) is 4.52. The van der Waals surface area contributed by atoms with Gasteiger partial charge in [-0.3, -0.25) is 5.32 Å². The van der Waals surface area contributed by atoms with Gasteiger partial charge in [0.25, 0.3) is 0 Å². The van der Waals surface area contributed by atoms with E-state index in [1.807, 2.05) is 0 Å². The Morgan fingerprint density at radius 2 is 1.64 bits per heavy atom. The quantitative estimate of drug-likeness (QED) is 0.462. The first kappa shape index (κ1) is 20.8. The molecule has 1 aromatic heterocycles. The third-order valence-corrected chi connectivity index (χ3v) is 5.32. The summed E-state index contributed by atoms with van der Waals surface area (Å²) >= 11 is 0. The van der Waals surface area contributed by atoms with Crippen molar-refractivity contribution in [1.82, 2.24) is 23.7 Å². The SMILES string of the molecule is COc1cc(OC)nc(NC(=O)NS(=O)(=O)NCS(=O)(=O)N(C)C)n1. The second kappa shape index (κ2) is 8.24. The zero-order chi connectivity index (χ0) is 19.3. The van der Waals surface area contributed by atoms with Crippen molar-refractivity contribution in [3.05, 3.63) is 6.07 Å². The first-order chi connectivity index (χ1) is 11.5. The largest absolute Gasteiger partial charge is 0.481 e. The highest BCUT2D eigenvalue weighted by atomic mass is 32.2. The average molecular weight is 398 g/mol. The molecule has 1 rings (SSSR count). The van der Waals surface area contributed by atoms with Crippen molar-refractivity contribution in [3.8, 4) is 11.8 Å². The van der Waals surface area contributed by atoms with Gasteiger partial charge in [-0.2, -0.15) is 23.1 Å². The Morgan fingerprint density at radius 3 is 2.08 bits per heavy atom. The molecular formula is C10H18N6O7S2. The van der Waals surface area contributed by atoms with Crippen LogP contribution in [0, 0.1) is 0 Å². The molecule has 0 aliphatic heterocycles. The topological polar surface area (TPSA) is 169 Å². The summed E-state index contributed by atoms with van der Waals surface area (Å²) in [7, 11) is -3.15. The smallest absolute Gasteiger partial charge is 0.336 e. The number of amides is 2. The zero-order valence-corrected chi connectivity index (χ0v) is 15.4. The summed E-state index contributed by atoms with van der Waals surface area (Å²) in [6.45, 7) is 0. The molecule has 0 radical (unpaired) electrons.